The molecule has 2 aromatic heterocycles. The van der Waals surface area contributed by atoms with Gasteiger partial charge in [0.1, 0.15) is 0 Å². The van der Waals surface area contributed by atoms with Crippen LogP contribution in [0.1, 0.15) is 16.6 Å². The molecule has 15 heavy (non-hydrogen) atoms. The van der Waals surface area contributed by atoms with Crippen molar-refractivity contribution in [1.82, 2.24) is 9.97 Å². The number of ketones is 1. The number of hydrogen-bond acceptors (Lipinski definition) is 4. The molecule has 0 aliphatic rings. The Morgan fingerprint density at radius 1 is 1.40 bits per heavy atom. The summed E-state index contributed by atoms with van der Waals surface area (Å²) in [6.07, 6.45) is 1.60. The highest BCUT2D eigenvalue weighted by atomic mass is 35.5. The summed E-state index contributed by atoms with van der Waals surface area (Å²) >= 11 is 7.08. The van der Waals surface area contributed by atoms with Crippen LogP contribution >= 0.6 is 22.9 Å². The minimum absolute atomic E-state index is 0.0615. The lowest BCUT2D eigenvalue weighted by atomic mass is 10.3. The van der Waals surface area contributed by atoms with Gasteiger partial charge in [-0.05, 0) is 36.7 Å². The molecule has 0 saturated carbocycles. The molecule has 0 bridgehead atoms. The highest BCUT2D eigenvalue weighted by molar-refractivity contribution is 7.17. The fraction of sp³-hybridized carbons (Fsp3) is 0.100. The molecule has 0 aromatic carbocycles. The number of carbonyl (C=O) groups is 1. The Labute approximate surface area is 95.8 Å². The minimum Gasteiger partial charge on any atom is -0.294 e. The van der Waals surface area contributed by atoms with E-state index in [4.69, 9.17) is 11.6 Å². The number of carbonyl (C=O) groups excluding carboxylic acids is 1. The molecular formula is C10H7ClN2OS. The average Bonchev–Trinajstić information content (AvgIpc) is 2.66. The van der Waals surface area contributed by atoms with Crippen molar-refractivity contribution in [2.24, 2.45) is 0 Å². The summed E-state index contributed by atoms with van der Waals surface area (Å²) in [5.74, 6) is 0.0615. The van der Waals surface area contributed by atoms with Gasteiger partial charge in [-0.15, -0.1) is 11.3 Å². The fourth-order valence-corrected chi connectivity index (χ4v) is 2.16. The van der Waals surface area contributed by atoms with Crippen LogP contribution in [0.25, 0.3) is 10.6 Å². The van der Waals surface area contributed by atoms with Gasteiger partial charge < -0.3 is 0 Å². The van der Waals surface area contributed by atoms with Gasteiger partial charge in [-0.25, -0.2) is 9.97 Å². The number of halogens is 1. The lowest BCUT2D eigenvalue weighted by Gasteiger charge is -1.95. The van der Waals surface area contributed by atoms with Crippen LogP contribution in [0.4, 0.5) is 0 Å². The van der Waals surface area contributed by atoms with Crippen LogP contribution in [0.15, 0.2) is 24.4 Å². The van der Waals surface area contributed by atoms with Gasteiger partial charge in [-0.1, -0.05) is 0 Å². The number of hydrogen-bond donors (Lipinski definition) is 0. The van der Waals surface area contributed by atoms with E-state index in [1.165, 1.54) is 11.3 Å². The van der Waals surface area contributed by atoms with Crippen LogP contribution in [0.2, 0.25) is 5.28 Å². The maximum atomic E-state index is 11.1. The topological polar surface area (TPSA) is 42.9 Å². The van der Waals surface area contributed by atoms with E-state index in [2.05, 4.69) is 9.97 Å². The van der Waals surface area contributed by atoms with E-state index in [0.717, 1.165) is 15.4 Å². The van der Waals surface area contributed by atoms with Gasteiger partial charge in [0.2, 0.25) is 5.28 Å². The van der Waals surface area contributed by atoms with Crippen LogP contribution in [-0.2, 0) is 0 Å². The Balaban J connectivity index is 2.41. The van der Waals surface area contributed by atoms with Gasteiger partial charge in [-0.2, -0.15) is 0 Å². The molecule has 0 radical (unpaired) electrons. The van der Waals surface area contributed by atoms with Gasteiger partial charge in [0.25, 0.3) is 0 Å². The summed E-state index contributed by atoms with van der Waals surface area (Å²) in [5, 5.41) is 0.213. The van der Waals surface area contributed by atoms with Crippen molar-refractivity contribution in [2.75, 3.05) is 0 Å². The van der Waals surface area contributed by atoms with E-state index in [1.54, 1.807) is 25.3 Å². The molecule has 0 amide bonds. The van der Waals surface area contributed by atoms with E-state index in [-0.39, 0.29) is 11.1 Å². The molecule has 2 rings (SSSR count). The van der Waals surface area contributed by atoms with Crippen LogP contribution in [0.3, 0.4) is 0 Å². The molecule has 2 heterocycles. The van der Waals surface area contributed by atoms with Crippen molar-refractivity contribution < 1.29 is 4.79 Å². The van der Waals surface area contributed by atoms with Crippen molar-refractivity contribution in [3.8, 4) is 10.6 Å². The second-order valence-electron chi connectivity index (χ2n) is 2.93. The molecule has 0 saturated heterocycles. The van der Waals surface area contributed by atoms with E-state index < -0.39 is 0 Å². The third kappa shape index (κ3) is 2.22. The fourth-order valence-electron chi connectivity index (χ4n) is 1.14. The quantitative estimate of drug-likeness (QED) is 0.597. The second kappa shape index (κ2) is 4.08. The van der Waals surface area contributed by atoms with E-state index in [0.29, 0.717) is 0 Å². The molecule has 0 unspecified atom stereocenters. The number of aromatic nitrogens is 2. The summed E-state index contributed by atoms with van der Waals surface area (Å²) in [5.41, 5.74) is 0.743. The zero-order valence-electron chi connectivity index (χ0n) is 7.90. The van der Waals surface area contributed by atoms with Crippen molar-refractivity contribution in [1.29, 1.82) is 0 Å². The SMILES string of the molecule is CC(=O)c1ccc(-c2ccnc(Cl)n2)s1. The van der Waals surface area contributed by atoms with Crippen molar-refractivity contribution in [2.45, 2.75) is 6.92 Å². The summed E-state index contributed by atoms with van der Waals surface area (Å²) < 4.78 is 0. The standard InChI is InChI=1S/C10H7ClN2OS/c1-6(14)8-2-3-9(15-8)7-4-5-12-10(11)13-7/h2-5H,1H3. The van der Waals surface area contributed by atoms with E-state index in [1.807, 2.05) is 6.07 Å². The highest BCUT2D eigenvalue weighted by Crippen LogP contribution is 2.27. The summed E-state index contributed by atoms with van der Waals surface area (Å²) in [6, 6.07) is 5.42. The maximum absolute atomic E-state index is 11.1. The monoisotopic (exact) mass is 238 g/mol. The number of nitrogens with zero attached hydrogens (tertiary/aromatic N) is 2. The lowest BCUT2D eigenvalue weighted by Crippen LogP contribution is -1.84. The summed E-state index contributed by atoms with van der Waals surface area (Å²) in [6.45, 7) is 1.54. The van der Waals surface area contributed by atoms with Gasteiger partial charge in [0.05, 0.1) is 15.4 Å². The molecule has 0 atom stereocenters. The molecule has 0 aliphatic heterocycles. The first-order valence-corrected chi connectivity index (χ1v) is 5.46. The van der Waals surface area contributed by atoms with Gasteiger partial charge in [-0.3, -0.25) is 4.79 Å². The third-order valence-corrected chi connectivity index (χ3v) is 3.22. The Hall–Kier alpha value is -1.26. The largest absolute Gasteiger partial charge is 0.294 e. The van der Waals surface area contributed by atoms with Crippen LogP contribution in [0.5, 0.6) is 0 Å². The summed E-state index contributed by atoms with van der Waals surface area (Å²) in [4.78, 5) is 20.6. The number of thiophene rings is 1. The second-order valence-corrected chi connectivity index (χ2v) is 4.35. The first-order valence-electron chi connectivity index (χ1n) is 4.26. The first kappa shape index (κ1) is 10.3. The molecule has 0 N–H and O–H groups in total. The molecular weight excluding hydrogens is 232 g/mol. The van der Waals surface area contributed by atoms with Crippen LogP contribution in [0, 0.1) is 0 Å². The minimum atomic E-state index is 0.0615. The van der Waals surface area contributed by atoms with Gasteiger partial charge in [0, 0.05) is 6.20 Å². The van der Waals surface area contributed by atoms with Crippen molar-refractivity contribution in [3.63, 3.8) is 0 Å². The Morgan fingerprint density at radius 3 is 2.80 bits per heavy atom. The predicted molar refractivity (Wildman–Crippen MR) is 60.4 cm³/mol. The summed E-state index contributed by atoms with van der Waals surface area (Å²) in [7, 11) is 0. The van der Waals surface area contributed by atoms with Gasteiger partial charge >= 0.3 is 0 Å². The van der Waals surface area contributed by atoms with E-state index >= 15 is 0 Å². The Kier molecular flexibility index (Phi) is 2.79. The number of rotatable bonds is 2. The van der Waals surface area contributed by atoms with Crippen molar-refractivity contribution >= 4 is 28.7 Å². The Bertz CT molecular complexity index is 510. The van der Waals surface area contributed by atoms with Gasteiger partial charge in [0.15, 0.2) is 5.78 Å². The molecule has 0 spiro atoms. The van der Waals surface area contributed by atoms with Crippen LogP contribution < -0.4 is 0 Å². The molecule has 76 valence electrons. The highest BCUT2D eigenvalue weighted by Gasteiger charge is 2.07. The maximum Gasteiger partial charge on any atom is 0.222 e. The first-order chi connectivity index (χ1) is 7.16. The average molecular weight is 239 g/mol. The third-order valence-electron chi connectivity index (χ3n) is 1.83. The molecule has 3 nitrogen and oxygen atoms in total. The molecule has 0 fully saturated rings. The smallest absolute Gasteiger partial charge is 0.222 e. The zero-order valence-corrected chi connectivity index (χ0v) is 9.47. The number of Topliss-reactive ketones (excluding diaryl/α,β-unsaturated/α-hetero) is 1. The van der Waals surface area contributed by atoms with Crippen LogP contribution in [-0.4, -0.2) is 15.8 Å². The van der Waals surface area contributed by atoms with E-state index in [9.17, 15) is 4.79 Å². The Morgan fingerprint density at radius 2 is 2.20 bits per heavy atom. The molecule has 5 heteroatoms. The normalized spacial score (nSPS) is 10.3. The van der Waals surface area contributed by atoms with Crippen molar-refractivity contribution in [3.05, 3.63) is 34.6 Å². The zero-order chi connectivity index (χ0) is 10.8. The predicted octanol–water partition coefficient (Wildman–Crippen LogP) is 3.06. The molecule has 2 aromatic rings. The lowest BCUT2D eigenvalue weighted by molar-refractivity contribution is 0.102. The molecule has 0 aliphatic carbocycles.